The molecule has 3 rings (SSSR count). The third-order valence-corrected chi connectivity index (χ3v) is 6.74. The number of carbonyl (C=O) groups excluding carboxylic acids is 3. The minimum absolute atomic E-state index is 0.0555. The number of nitrogens with zero attached hydrogens (tertiary/aromatic N) is 2. The van der Waals surface area contributed by atoms with Crippen LogP contribution in [0.1, 0.15) is 62.4 Å². The highest BCUT2D eigenvalue weighted by molar-refractivity contribution is 5.98. The number of anilines is 1. The quantitative estimate of drug-likeness (QED) is 0.109. The lowest BCUT2D eigenvalue weighted by atomic mass is 10.0. The number of aliphatic imine (C=N–C) groups is 1. The van der Waals surface area contributed by atoms with Crippen molar-refractivity contribution >= 4 is 35.8 Å². The van der Waals surface area contributed by atoms with Gasteiger partial charge < -0.3 is 35.2 Å². The second kappa shape index (κ2) is 16.4. The van der Waals surface area contributed by atoms with Gasteiger partial charge in [0.15, 0.2) is 0 Å². The lowest BCUT2D eigenvalue weighted by Gasteiger charge is -2.34. The van der Waals surface area contributed by atoms with Gasteiger partial charge in [-0.2, -0.15) is 0 Å². The summed E-state index contributed by atoms with van der Waals surface area (Å²) in [5, 5.41) is 24.2. The number of likely N-dealkylation sites (tertiary alicyclic amines) is 1. The molecule has 0 bridgehead atoms. The largest absolute Gasteiger partial charge is 0.508 e. The van der Waals surface area contributed by atoms with E-state index in [0.717, 1.165) is 5.56 Å². The van der Waals surface area contributed by atoms with Crippen molar-refractivity contribution in [3.05, 3.63) is 59.7 Å². The summed E-state index contributed by atoms with van der Waals surface area (Å²) in [5.74, 6) is -1.83. The summed E-state index contributed by atoms with van der Waals surface area (Å²) in [6.07, 6.45) is 3.12. The van der Waals surface area contributed by atoms with Crippen molar-refractivity contribution in [3.63, 3.8) is 0 Å². The molecular weight excluding hydrogens is 568 g/mol. The number of phenols is 1. The van der Waals surface area contributed by atoms with E-state index in [1.165, 1.54) is 18.5 Å². The highest BCUT2D eigenvalue weighted by atomic mass is 16.6. The minimum Gasteiger partial charge on any atom is -0.508 e. The van der Waals surface area contributed by atoms with Crippen molar-refractivity contribution in [3.8, 4) is 5.75 Å². The maximum atomic E-state index is 13.6. The van der Waals surface area contributed by atoms with Gasteiger partial charge in [0.2, 0.25) is 5.91 Å². The number of amides is 2. The van der Waals surface area contributed by atoms with Crippen LogP contribution in [-0.4, -0.2) is 89.2 Å². The molecule has 0 aromatic heterocycles. The fourth-order valence-electron chi connectivity index (χ4n) is 4.55. The summed E-state index contributed by atoms with van der Waals surface area (Å²) in [7, 11) is 0. The first-order valence-corrected chi connectivity index (χ1v) is 14.7. The van der Waals surface area contributed by atoms with Gasteiger partial charge in [0.1, 0.15) is 24.0 Å². The Morgan fingerprint density at radius 3 is 2.32 bits per heavy atom. The van der Waals surface area contributed by atoms with E-state index < -0.39 is 29.5 Å². The van der Waals surface area contributed by atoms with Gasteiger partial charge in [0.25, 0.3) is 5.91 Å². The topological polar surface area (TPSA) is 167 Å². The molecular formula is C32H42N4O8. The number of hydrogen-bond donors (Lipinski definition) is 4. The maximum Gasteiger partial charge on any atom is 0.332 e. The molecule has 0 saturated carbocycles. The van der Waals surface area contributed by atoms with Gasteiger partial charge in [0.05, 0.1) is 12.4 Å². The molecule has 1 fully saturated rings. The average Bonchev–Trinajstić information content (AvgIpc) is 2.98. The van der Waals surface area contributed by atoms with Gasteiger partial charge in [-0.1, -0.05) is 12.1 Å². The Bertz CT molecular complexity index is 1280. The number of esters is 1. The number of benzene rings is 2. The highest BCUT2D eigenvalue weighted by Crippen LogP contribution is 2.18. The molecule has 0 aliphatic carbocycles. The summed E-state index contributed by atoms with van der Waals surface area (Å²) in [6, 6.07) is 12.3. The summed E-state index contributed by atoms with van der Waals surface area (Å²) < 4.78 is 11.0. The van der Waals surface area contributed by atoms with Crippen LogP contribution in [0.4, 0.5) is 5.69 Å². The maximum absolute atomic E-state index is 13.6. The zero-order valence-electron chi connectivity index (χ0n) is 25.5. The van der Waals surface area contributed by atoms with E-state index in [-0.39, 0.29) is 37.2 Å². The molecule has 2 aromatic carbocycles. The molecule has 1 saturated heterocycles. The van der Waals surface area contributed by atoms with Crippen molar-refractivity contribution in [2.24, 2.45) is 4.99 Å². The summed E-state index contributed by atoms with van der Waals surface area (Å²) in [4.78, 5) is 55.2. The number of rotatable bonds is 14. The average molecular weight is 611 g/mol. The van der Waals surface area contributed by atoms with Crippen LogP contribution in [0.15, 0.2) is 53.5 Å². The van der Waals surface area contributed by atoms with E-state index in [1.54, 1.807) is 62.1 Å². The molecule has 1 aliphatic rings. The molecule has 0 spiro atoms. The molecule has 2 aromatic rings. The number of hydrogen-bond acceptors (Lipinski definition) is 8. The number of carboxylic acid groups (broad SMARTS) is 1. The number of phenolic OH excluding ortho intramolecular Hbond substituents is 1. The molecule has 1 atom stereocenters. The van der Waals surface area contributed by atoms with Crippen LogP contribution in [-0.2, 0) is 30.3 Å². The van der Waals surface area contributed by atoms with Crippen molar-refractivity contribution in [1.29, 1.82) is 0 Å². The van der Waals surface area contributed by atoms with E-state index in [9.17, 15) is 24.3 Å². The van der Waals surface area contributed by atoms with Crippen LogP contribution in [0.2, 0.25) is 0 Å². The van der Waals surface area contributed by atoms with Crippen LogP contribution in [0.25, 0.3) is 0 Å². The van der Waals surface area contributed by atoms with Crippen molar-refractivity contribution in [2.75, 3.05) is 31.6 Å². The normalized spacial score (nSPS) is 14.7. The highest BCUT2D eigenvalue weighted by Gasteiger charge is 2.30. The number of ether oxygens (including phenoxy) is 2. The third kappa shape index (κ3) is 12.0. The van der Waals surface area contributed by atoms with Crippen LogP contribution < -0.4 is 10.6 Å². The minimum atomic E-state index is -0.861. The van der Waals surface area contributed by atoms with Crippen LogP contribution in [0.5, 0.6) is 5.75 Å². The van der Waals surface area contributed by atoms with Gasteiger partial charge in [0, 0.05) is 43.7 Å². The van der Waals surface area contributed by atoms with Gasteiger partial charge in [-0.15, -0.1) is 0 Å². The molecule has 12 nitrogen and oxygen atoms in total. The molecule has 44 heavy (non-hydrogen) atoms. The van der Waals surface area contributed by atoms with Gasteiger partial charge in [-0.3, -0.25) is 19.4 Å². The smallest absolute Gasteiger partial charge is 0.332 e. The Labute approximate surface area is 257 Å². The lowest BCUT2D eigenvalue weighted by molar-refractivity contribution is -0.163. The Morgan fingerprint density at radius 2 is 1.70 bits per heavy atom. The first-order chi connectivity index (χ1) is 20.9. The summed E-state index contributed by atoms with van der Waals surface area (Å²) in [6.45, 7) is 6.44. The number of nitrogens with one attached hydrogen (secondary N) is 2. The van der Waals surface area contributed by atoms with E-state index >= 15 is 0 Å². The Kier molecular flexibility index (Phi) is 12.7. The van der Waals surface area contributed by atoms with E-state index in [0.29, 0.717) is 50.1 Å². The molecule has 12 heteroatoms. The molecule has 238 valence electrons. The SMILES string of the molecule is CC(C)(C)OC(=O)COC1CCN(C(=O)[C@H](Cc2ccc(O)cc2)NC(=O)c2ccc(NC=NCCCC(=O)O)cc2)CC1. The molecule has 0 radical (unpaired) electrons. The summed E-state index contributed by atoms with van der Waals surface area (Å²) >= 11 is 0. The molecule has 4 N–H and O–H groups in total. The molecule has 1 heterocycles. The lowest BCUT2D eigenvalue weighted by Crippen LogP contribution is -2.52. The first kappa shape index (κ1) is 34.0. The second-order valence-corrected chi connectivity index (χ2v) is 11.6. The van der Waals surface area contributed by atoms with E-state index in [1.807, 2.05) is 0 Å². The number of aromatic hydroxyl groups is 1. The van der Waals surface area contributed by atoms with Crippen LogP contribution in [0.3, 0.4) is 0 Å². The van der Waals surface area contributed by atoms with E-state index in [2.05, 4.69) is 15.6 Å². The van der Waals surface area contributed by atoms with Crippen LogP contribution in [0, 0.1) is 0 Å². The molecule has 1 aliphatic heterocycles. The van der Waals surface area contributed by atoms with Crippen molar-refractivity contribution < 1.29 is 38.9 Å². The Hall–Kier alpha value is -4.45. The molecule has 0 unspecified atom stereocenters. The number of aliphatic carboxylic acids is 1. The van der Waals surface area contributed by atoms with Gasteiger partial charge in [-0.05, 0) is 82.0 Å². The summed E-state index contributed by atoms with van der Waals surface area (Å²) in [5.41, 5.74) is 1.25. The first-order valence-electron chi connectivity index (χ1n) is 14.7. The fraction of sp³-hybridized carbons (Fsp3) is 0.469. The Balaban J connectivity index is 1.58. The second-order valence-electron chi connectivity index (χ2n) is 11.6. The van der Waals surface area contributed by atoms with Gasteiger partial charge >= 0.3 is 11.9 Å². The number of piperidine rings is 1. The Morgan fingerprint density at radius 1 is 1.05 bits per heavy atom. The molecule has 2 amide bonds. The van der Waals surface area contributed by atoms with Crippen molar-refractivity contribution in [1.82, 2.24) is 10.2 Å². The number of carbonyl (C=O) groups is 4. The van der Waals surface area contributed by atoms with E-state index in [4.69, 9.17) is 14.6 Å². The fourth-order valence-corrected chi connectivity index (χ4v) is 4.55. The van der Waals surface area contributed by atoms with Gasteiger partial charge in [-0.25, -0.2) is 4.79 Å². The predicted molar refractivity (Wildman–Crippen MR) is 165 cm³/mol. The monoisotopic (exact) mass is 610 g/mol. The predicted octanol–water partition coefficient (Wildman–Crippen LogP) is 3.39. The third-order valence-electron chi connectivity index (χ3n) is 6.74. The number of carboxylic acids is 1. The zero-order valence-corrected chi connectivity index (χ0v) is 25.5. The zero-order chi connectivity index (χ0) is 32.1. The standard InChI is InChI=1S/C32H42N4O8/c1-32(2,3)44-29(40)20-43-26-14-17-36(18-15-26)31(42)27(19-22-6-12-25(37)13-7-22)35-30(41)23-8-10-24(11-9-23)34-21-33-16-4-5-28(38)39/h6-13,21,26-27,37H,4-5,14-20H2,1-3H3,(H,33,34)(H,35,41)(H,38,39)/t27-/m0/s1. The van der Waals surface area contributed by atoms with Crippen LogP contribution >= 0.6 is 0 Å². The van der Waals surface area contributed by atoms with Crippen molar-refractivity contribution in [2.45, 2.75) is 70.6 Å².